The van der Waals surface area contributed by atoms with E-state index >= 15 is 0 Å². The van der Waals surface area contributed by atoms with E-state index in [0.29, 0.717) is 12.1 Å². The minimum Gasteiger partial charge on any atom is -0.349 e. The molecule has 2 aliphatic rings. The quantitative estimate of drug-likeness (QED) is 0.435. The predicted octanol–water partition coefficient (Wildman–Crippen LogP) is 4.25. The normalized spacial score (nSPS) is 18.9. The number of halogens is 3. The minimum atomic E-state index is -4.65. The van der Waals surface area contributed by atoms with Crippen molar-refractivity contribution in [1.82, 2.24) is 15.4 Å². The summed E-state index contributed by atoms with van der Waals surface area (Å²) in [7, 11) is -4.22. The van der Waals surface area contributed by atoms with E-state index in [1.807, 2.05) is 0 Å². The standard InChI is InChI=1S/C26H32F3N3O3S/c1-17(32-36(34,35)22-6-3-5-20(16-22)26(27,28)29)14-25(33)31-24-7-2-4-19-15-18(8-11-23(19)24)12-13-30-21-9-10-21/h3,5-6,8,11,15-17,21,24,30,32H,2,4,7,9-10,12-14H2,1H3,(H,31,33)/t17-,24+/m0/s1. The maximum Gasteiger partial charge on any atom is 0.416 e. The zero-order chi connectivity index (χ0) is 25.9. The van der Waals surface area contributed by atoms with Crippen LogP contribution in [-0.2, 0) is 33.8 Å². The van der Waals surface area contributed by atoms with Crippen LogP contribution in [0.25, 0.3) is 0 Å². The Morgan fingerprint density at radius 1 is 1.11 bits per heavy atom. The average molecular weight is 524 g/mol. The van der Waals surface area contributed by atoms with Gasteiger partial charge in [0.1, 0.15) is 0 Å². The van der Waals surface area contributed by atoms with Gasteiger partial charge in [0.15, 0.2) is 0 Å². The van der Waals surface area contributed by atoms with Gasteiger partial charge in [-0.2, -0.15) is 13.2 Å². The van der Waals surface area contributed by atoms with Crippen molar-refractivity contribution in [2.45, 2.75) is 81.1 Å². The first-order valence-corrected chi connectivity index (χ1v) is 13.8. The van der Waals surface area contributed by atoms with Crippen molar-refractivity contribution in [1.29, 1.82) is 0 Å². The molecule has 0 unspecified atom stereocenters. The number of fused-ring (bicyclic) bond motifs is 1. The Morgan fingerprint density at radius 2 is 1.89 bits per heavy atom. The number of benzene rings is 2. The number of hydrogen-bond donors (Lipinski definition) is 3. The highest BCUT2D eigenvalue weighted by Crippen LogP contribution is 2.32. The molecular weight excluding hydrogens is 491 g/mol. The summed E-state index contributed by atoms with van der Waals surface area (Å²) in [4.78, 5) is 12.2. The molecule has 0 bridgehead atoms. The summed E-state index contributed by atoms with van der Waals surface area (Å²) in [5.41, 5.74) is 2.54. The highest BCUT2D eigenvalue weighted by molar-refractivity contribution is 7.89. The molecule has 1 saturated carbocycles. The number of rotatable bonds is 10. The molecule has 0 spiro atoms. The molecule has 2 atom stereocenters. The van der Waals surface area contributed by atoms with Crippen LogP contribution in [0, 0.1) is 0 Å². The van der Waals surface area contributed by atoms with Crippen LogP contribution >= 0.6 is 0 Å². The molecule has 1 fully saturated rings. The topological polar surface area (TPSA) is 87.3 Å². The van der Waals surface area contributed by atoms with E-state index in [9.17, 15) is 26.4 Å². The van der Waals surface area contributed by atoms with Crippen LogP contribution in [0.3, 0.4) is 0 Å². The Bertz CT molecular complexity index is 1200. The molecule has 0 heterocycles. The van der Waals surface area contributed by atoms with Crippen LogP contribution in [0.15, 0.2) is 47.4 Å². The number of alkyl halides is 3. The highest BCUT2D eigenvalue weighted by atomic mass is 32.2. The van der Waals surface area contributed by atoms with Crippen LogP contribution in [0.4, 0.5) is 13.2 Å². The Balaban J connectivity index is 1.33. The predicted molar refractivity (Wildman–Crippen MR) is 131 cm³/mol. The summed E-state index contributed by atoms with van der Waals surface area (Å²) in [5, 5.41) is 6.53. The summed E-state index contributed by atoms with van der Waals surface area (Å²) in [5.74, 6) is -0.315. The maximum atomic E-state index is 13.0. The molecule has 2 aliphatic carbocycles. The summed E-state index contributed by atoms with van der Waals surface area (Å²) in [6.45, 7) is 2.47. The van der Waals surface area contributed by atoms with Gasteiger partial charge in [0.05, 0.1) is 16.5 Å². The number of aryl methyl sites for hydroxylation is 1. The lowest BCUT2D eigenvalue weighted by Gasteiger charge is -2.27. The minimum absolute atomic E-state index is 0.130. The van der Waals surface area contributed by atoms with E-state index in [1.165, 1.54) is 30.9 Å². The van der Waals surface area contributed by atoms with Crippen LogP contribution in [0.5, 0.6) is 0 Å². The molecule has 36 heavy (non-hydrogen) atoms. The molecule has 2 aromatic carbocycles. The molecule has 3 N–H and O–H groups in total. The van der Waals surface area contributed by atoms with Crippen LogP contribution in [0.2, 0.25) is 0 Å². The number of sulfonamides is 1. The van der Waals surface area contributed by atoms with Crippen molar-refractivity contribution in [3.05, 3.63) is 64.7 Å². The summed E-state index contributed by atoms with van der Waals surface area (Å²) in [6.07, 6.45) is 1.40. The van der Waals surface area contributed by atoms with Gasteiger partial charge >= 0.3 is 6.18 Å². The third-order valence-corrected chi connectivity index (χ3v) is 8.19. The van der Waals surface area contributed by atoms with Gasteiger partial charge in [-0.05, 0) is 86.9 Å². The molecule has 6 nitrogen and oxygen atoms in total. The molecule has 0 saturated heterocycles. The van der Waals surface area contributed by atoms with Crippen molar-refractivity contribution in [2.24, 2.45) is 0 Å². The first kappa shape index (κ1) is 26.6. The van der Waals surface area contributed by atoms with E-state index in [-0.39, 0.29) is 18.4 Å². The number of amides is 1. The Morgan fingerprint density at radius 3 is 2.61 bits per heavy atom. The van der Waals surface area contributed by atoms with Crippen molar-refractivity contribution >= 4 is 15.9 Å². The number of carbonyl (C=O) groups excluding carboxylic acids is 1. The molecule has 4 rings (SSSR count). The lowest BCUT2D eigenvalue weighted by molar-refractivity contribution is -0.137. The van der Waals surface area contributed by atoms with E-state index in [2.05, 4.69) is 33.6 Å². The van der Waals surface area contributed by atoms with Gasteiger partial charge in [-0.25, -0.2) is 13.1 Å². The SMILES string of the molecule is C[C@@H](CC(=O)N[C@@H]1CCCc2cc(CCNC3CC3)ccc21)NS(=O)(=O)c1cccc(C(F)(F)F)c1. The number of carbonyl (C=O) groups is 1. The van der Waals surface area contributed by atoms with Gasteiger partial charge in [-0.1, -0.05) is 24.3 Å². The largest absolute Gasteiger partial charge is 0.416 e. The second-order valence-electron chi connectivity index (χ2n) is 9.78. The molecule has 196 valence electrons. The summed E-state index contributed by atoms with van der Waals surface area (Å²) < 4.78 is 66.4. The van der Waals surface area contributed by atoms with Crippen molar-refractivity contribution in [3.63, 3.8) is 0 Å². The third-order valence-electron chi connectivity index (χ3n) is 6.60. The van der Waals surface area contributed by atoms with E-state index in [0.717, 1.165) is 56.0 Å². The molecule has 0 radical (unpaired) electrons. The zero-order valence-corrected chi connectivity index (χ0v) is 21.0. The molecule has 0 aliphatic heterocycles. The number of nitrogens with one attached hydrogen (secondary N) is 3. The fraction of sp³-hybridized carbons (Fsp3) is 0.500. The first-order valence-electron chi connectivity index (χ1n) is 12.4. The fourth-order valence-corrected chi connectivity index (χ4v) is 5.92. The Kier molecular flexibility index (Phi) is 8.06. The van der Waals surface area contributed by atoms with Gasteiger partial charge in [-0.3, -0.25) is 4.79 Å². The molecular formula is C26H32F3N3O3S. The van der Waals surface area contributed by atoms with Crippen LogP contribution in [-0.4, -0.2) is 33.0 Å². The fourth-order valence-electron chi connectivity index (χ4n) is 4.63. The van der Waals surface area contributed by atoms with E-state index in [4.69, 9.17) is 0 Å². The van der Waals surface area contributed by atoms with Gasteiger partial charge in [0.25, 0.3) is 0 Å². The third kappa shape index (κ3) is 7.08. The Labute approximate surface area is 210 Å². The zero-order valence-electron chi connectivity index (χ0n) is 20.2. The summed E-state index contributed by atoms with van der Waals surface area (Å²) >= 11 is 0. The van der Waals surface area contributed by atoms with E-state index in [1.54, 1.807) is 0 Å². The molecule has 2 aromatic rings. The van der Waals surface area contributed by atoms with E-state index < -0.39 is 32.7 Å². The van der Waals surface area contributed by atoms with Gasteiger partial charge in [0.2, 0.25) is 15.9 Å². The highest BCUT2D eigenvalue weighted by Gasteiger charge is 2.32. The first-order chi connectivity index (χ1) is 17.0. The van der Waals surface area contributed by atoms with Crippen molar-refractivity contribution in [3.8, 4) is 0 Å². The Hall–Kier alpha value is -2.43. The molecule has 0 aromatic heterocycles. The van der Waals surface area contributed by atoms with Crippen molar-refractivity contribution in [2.75, 3.05) is 6.54 Å². The van der Waals surface area contributed by atoms with Gasteiger partial charge in [0, 0.05) is 18.5 Å². The van der Waals surface area contributed by atoms with Crippen LogP contribution < -0.4 is 15.4 Å². The van der Waals surface area contributed by atoms with Crippen LogP contribution in [0.1, 0.15) is 67.3 Å². The monoisotopic (exact) mass is 523 g/mol. The average Bonchev–Trinajstić information content (AvgIpc) is 3.62. The number of hydrogen-bond acceptors (Lipinski definition) is 4. The molecule has 10 heteroatoms. The van der Waals surface area contributed by atoms with Gasteiger partial charge < -0.3 is 10.6 Å². The lowest BCUT2D eigenvalue weighted by atomic mass is 9.86. The molecule has 1 amide bonds. The smallest absolute Gasteiger partial charge is 0.349 e. The van der Waals surface area contributed by atoms with Gasteiger partial charge in [-0.15, -0.1) is 0 Å². The maximum absolute atomic E-state index is 13.0. The summed E-state index contributed by atoms with van der Waals surface area (Å²) in [6, 6.07) is 9.67. The lowest BCUT2D eigenvalue weighted by Crippen LogP contribution is -2.39. The second-order valence-corrected chi connectivity index (χ2v) is 11.5. The van der Waals surface area contributed by atoms with Crippen molar-refractivity contribution < 1.29 is 26.4 Å². The second kappa shape index (κ2) is 10.9.